The summed E-state index contributed by atoms with van der Waals surface area (Å²) in [4.78, 5) is 21.9. The maximum atomic E-state index is 12.0. The van der Waals surface area contributed by atoms with E-state index in [0.717, 1.165) is 43.3 Å². The third kappa shape index (κ3) is 3.26. The molecule has 9 heteroatoms. The second kappa shape index (κ2) is 6.21. The first kappa shape index (κ1) is 16.2. The normalized spacial score (nSPS) is 25.4. The van der Waals surface area contributed by atoms with Crippen molar-refractivity contribution in [2.75, 3.05) is 37.7 Å². The summed E-state index contributed by atoms with van der Waals surface area (Å²) in [5.41, 5.74) is 0.769. The molecule has 0 radical (unpaired) electrons. The molecule has 4 heterocycles. The lowest BCUT2D eigenvalue weighted by Gasteiger charge is -2.37. The van der Waals surface area contributed by atoms with Crippen molar-refractivity contribution in [2.24, 2.45) is 0 Å². The highest BCUT2D eigenvalue weighted by atomic mass is 32.2. The highest BCUT2D eigenvalue weighted by molar-refractivity contribution is 7.91. The van der Waals surface area contributed by atoms with Crippen LogP contribution in [0.25, 0.3) is 4.96 Å². The molecular weight excluding hydrogens is 348 g/mol. The first-order valence-electron chi connectivity index (χ1n) is 8.13. The fraction of sp³-hybridized carbons (Fsp3) is 0.600. The quantitative estimate of drug-likeness (QED) is 0.763. The van der Waals surface area contributed by atoms with Gasteiger partial charge in [-0.3, -0.25) is 19.0 Å². The molecule has 0 unspecified atom stereocenters. The van der Waals surface area contributed by atoms with Crippen molar-refractivity contribution in [3.8, 4) is 0 Å². The van der Waals surface area contributed by atoms with Crippen LogP contribution >= 0.6 is 11.3 Å². The second-order valence-electron chi connectivity index (χ2n) is 6.51. The molecule has 0 aliphatic carbocycles. The predicted octanol–water partition coefficient (Wildman–Crippen LogP) is 0.0607. The van der Waals surface area contributed by atoms with Gasteiger partial charge in [-0.05, 0) is 6.42 Å². The van der Waals surface area contributed by atoms with E-state index in [0.29, 0.717) is 18.1 Å². The van der Waals surface area contributed by atoms with Crippen molar-refractivity contribution < 1.29 is 8.42 Å². The molecule has 7 nitrogen and oxygen atoms in total. The Morgan fingerprint density at radius 2 is 2.04 bits per heavy atom. The van der Waals surface area contributed by atoms with E-state index in [1.165, 1.54) is 11.3 Å². The summed E-state index contributed by atoms with van der Waals surface area (Å²) >= 11 is 1.46. The maximum Gasteiger partial charge on any atom is 0.258 e. The summed E-state index contributed by atoms with van der Waals surface area (Å²) in [6.45, 7) is 4.17. The maximum absolute atomic E-state index is 12.0. The fourth-order valence-electron chi connectivity index (χ4n) is 3.55. The van der Waals surface area contributed by atoms with E-state index >= 15 is 0 Å². The summed E-state index contributed by atoms with van der Waals surface area (Å²) < 4.78 is 24.8. The monoisotopic (exact) mass is 368 g/mol. The molecule has 2 aliphatic heterocycles. The van der Waals surface area contributed by atoms with Gasteiger partial charge in [0.25, 0.3) is 5.56 Å². The number of aromatic nitrogens is 2. The summed E-state index contributed by atoms with van der Waals surface area (Å²) in [6, 6.07) is 1.79. The largest absolute Gasteiger partial charge is 0.297 e. The van der Waals surface area contributed by atoms with E-state index < -0.39 is 9.84 Å². The van der Waals surface area contributed by atoms with Gasteiger partial charge < -0.3 is 0 Å². The molecule has 2 saturated heterocycles. The van der Waals surface area contributed by atoms with Crippen molar-refractivity contribution in [2.45, 2.75) is 19.0 Å². The zero-order valence-corrected chi connectivity index (χ0v) is 14.9. The molecule has 0 N–H and O–H groups in total. The molecule has 2 fully saturated rings. The third-order valence-corrected chi connectivity index (χ3v) is 7.38. The number of nitrogens with zero attached hydrogens (tertiary/aromatic N) is 4. The van der Waals surface area contributed by atoms with Crippen LogP contribution in [0.4, 0.5) is 0 Å². The van der Waals surface area contributed by atoms with Gasteiger partial charge in [0, 0.05) is 56.4 Å². The zero-order chi connectivity index (χ0) is 16.7. The molecule has 0 saturated carbocycles. The Hall–Kier alpha value is -1.29. The minimum atomic E-state index is -2.83. The van der Waals surface area contributed by atoms with Gasteiger partial charge in [0.1, 0.15) is 0 Å². The van der Waals surface area contributed by atoms with Crippen molar-refractivity contribution in [3.05, 3.63) is 33.7 Å². The first-order valence-corrected chi connectivity index (χ1v) is 10.8. The highest BCUT2D eigenvalue weighted by Crippen LogP contribution is 2.19. The number of piperazine rings is 1. The number of rotatable bonds is 3. The van der Waals surface area contributed by atoms with Gasteiger partial charge in [0.05, 0.1) is 17.2 Å². The number of hydrogen-bond acceptors (Lipinski definition) is 7. The molecule has 2 aromatic rings. The van der Waals surface area contributed by atoms with Crippen LogP contribution in [0.5, 0.6) is 0 Å². The van der Waals surface area contributed by atoms with Crippen LogP contribution in [-0.2, 0) is 16.4 Å². The van der Waals surface area contributed by atoms with Crippen LogP contribution in [0.2, 0.25) is 0 Å². The topological polar surface area (TPSA) is 75.0 Å². The summed E-state index contributed by atoms with van der Waals surface area (Å²) in [7, 11) is -2.83. The van der Waals surface area contributed by atoms with Gasteiger partial charge in [0.2, 0.25) is 0 Å². The minimum Gasteiger partial charge on any atom is -0.297 e. The average Bonchev–Trinajstić information content (AvgIpc) is 3.14. The minimum absolute atomic E-state index is 0.0361. The number of sulfone groups is 1. The third-order valence-electron chi connectivity index (χ3n) is 4.87. The summed E-state index contributed by atoms with van der Waals surface area (Å²) in [5.74, 6) is 0.632. The number of fused-ring (bicyclic) bond motifs is 1. The number of thiazole rings is 1. The van der Waals surface area contributed by atoms with E-state index in [4.69, 9.17) is 0 Å². The van der Waals surface area contributed by atoms with Crippen molar-refractivity contribution in [3.63, 3.8) is 0 Å². The SMILES string of the molecule is O=c1cc(CN2CCN([C@@H]3CCS(=O)(=O)C3)CC2)nc2sccn12. The van der Waals surface area contributed by atoms with E-state index in [9.17, 15) is 13.2 Å². The van der Waals surface area contributed by atoms with Gasteiger partial charge in [-0.15, -0.1) is 11.3 Å². The van der Waals surface area contributed by atoms with Crippen molar-refractivity contribution in [1.29, 1.82) is 0 Å². The van der Waals surface area contributed by atoms with Crippen LogP contribution < -0.4 is 5.56 Å². The second-order valence-corrected chi connectivity index (χ2v) is 9.61. The molecule has 130 valence electrons. The molecule has 0 bridgehead atoms. The van der Waals surface area contributed by atoms with Crippen molar-refractivity contribution in [1.82, 2.24) is 19.2 Å². The molecule has 0 spiro atoms. The molecule has 24 heavy (non-hydrogen) atoms. The van der Waals surface area contributed by atoms with Crippen LogP contribution in [0.3, 0.4) is 0 Å². The molecule has 2 aliphatic rings. The van der Waals surface area contributed by atoms with Gasteiger partial charge >= 0.3 is 0 Å². The van der Waals surface area contributed by atoms with Crippen LogP contribution in [0.1, 0.15) is 12.1 Å². The molecular formula is C15H20N4O3S2. The Morgan fingerprint density at radius 3 is 2.75 bits per heavy atom. The summed E-state index contributed by atoms with van der Waals surface area (Å²) in [5, 5.41) is 1.86. The Labute approximate surface area is 144 Å². The molecule has 4 rings (SSSR count). The standard InChI is InChI=1S/C15H20N4O3S2/c20-14-9-12(16-15-19(14)6-7-23-15)10-17-2-4-18(5-3-17)13-1-8-24(21,22)11-13/h6-7,9,13H,1-5,8,10-11H2/t13-/m1/s1. The molecule has 0 amide bonds. The predicted molar refractivity (Wildman–Crippen MR) is 93.2 cm³/mol. The lowest BCUT2D eigenvalue weighted by Crippen LogP contribution is -2.50. The van der Waals surface area contributed by atoms with E-state index in [-0.39, 0.29) is 11.6 Å². The lowest BCUT2D eigenvalue weighted by atomic mass is 10.2. The Bertz CT molecular complexity index is 897. The Kier molecular flexibility index (Phi) is 4.19. The summed E-state index contributed by atoms with van der Waals surface area (Å²) in [6.07, 6.45) is 2.50. The van der Waals surface area contributed by atoms with E-state index in [1.54, 1.807) is 16.7 Å². The molecule has 0 aromatic carbocycles. The highest BCUT2D eigenvalue weighted by Gasteiger charge is 2.33. The fourth-order valence-corrected chi connectivity index (χ4v) is 6.05. The smallest absolute Gasteiger partial charge is 0.258 e. The Morgan fingerprint density at radius 1 is 1.25 bits per heavy atom. The average molecular weight is 368 g/mol. The first-order chi connectivity index (χ1) is 11.5. The number of hydrogen-bond donors (Lipinski definition) is 0. The lowest BCUT2D eigenvalue weighted by molar-refractivity contribution is 0.0993. The van der Waals surface area contributed by atoms with Gasteiger partial charge in [-0.2, -0.15) is 0 Å². The van der Waals surface area contributed by atoms with Gasteiger partial charge in [0.15, 0.2) is 14.8 Å². The van der Waals surface area contributed by atoms with Crippen LogP contribution in [0.15, 0.2) is 22.4 Å². The van der Waals surface area contributed by atoms with Gasteiger partial charge in [-0.25, -0.2) is 13.4 Å². The van der Waals surface area contributed by atoms with Gasteiger partial charge in [-0.1, -0.05) is 0 Å². The van der Waals surface area contributed by atoms with Crippen molar-refractivity contribution >= 4 is 26.1 Å². The van der Waals surface area contributed by atoms with E-state index in [1.807, 2.05) is 5.38 Å². The zero-order valence-electron chi connectivity index (χ0n) is 13.3. The molecule has 2 aromatic heterocycles. The molecule has 1 atom stereocenters. The Balaban J connectivity index is 1.38. The van der Waals surface area contributed by atoms with E-state index in [2.05, 4.69) is 14.8 Å². The van der Waals surface area contributed by atoms with Crippen LogP contribution in [-0.4, -0.2) is 71.3 Å². The van der Waals surface area contributed by atoms with Crippen LogP contribution in [0, 0.1) is 0 Å².